The fraction of sp³-hybridized carbons (Fsp3) is 1.00. The molecule has 9 heteroatoms. The lowest BCUT2D eigenvalue weighted by atomic mass is 10.0. The van der Waals surface area contributed by atoms with Crippen LogP contribution in [0.3, 0.4) is 0 Å². The Morgan fingerprint density at radius 1 is 1.35 bits per heavy atom. The van der Waals surface area contributed by atoms with E-state index in [1.807, 2.05) is 0 Å². The molecule has 0 aliphatic carbocycles. The number of piperidine rings is 1. The van der Waals surface area contributed by atoms with Gasteiger partial charge in [-0.15, -0.1) is 0 Å². The van der Waals surface area contributed by atoms with Crippen LogP contribution >= 0.6 is 0 Å². The van der Waals surface area contributed by atoms with E-state index >= 15 is 0 Å². The van der Waals surface area contributed by atoms with Gasteiger partial charge in [0.05, 0.1) is 0 Å². The summed E-state index contributed by atoms with van der Waals surface area (Å²) in [6, 6.07) is -2.04. The van der Waals surface area contributed by atoms with E-state index in [1.54, 1.807) is 6.92 Å². The first-order valence-electron chi connectivity index (χ1n) is 5.31. The molecule has 1 saturated heterocycles. The van der Waals surface area contributed by atoms with E-state index < -0.39 is 28.5 Å². The van der Waals surface area contributed by atoms with Crippen LogP contribution in [0, 0.1) is 0 Å². The molecule has 0 aromatic heterocycles. The molecule has 1 fully saturated rings. The summed E-state index contributed by atoms with van der Waals surface area (Å²) in [5.74, 6) is 0. The largest absolute Gasteiger partial charge is 0.403 e. The summed E-state index contributed by atoms with van der Waals surface area (Å²) < 4.78 is 64.1. The molecule has 1 rings (SSSR count). The smallest absolute Gasteiger partial charge is 0.305 e. The van der Waals surface area contributed by atoms with Gasteiger partial charge in [0.25, 0.3) is 10.2 Å². The van der Waals surface area contributed by atoms with Gasteiger partial charge in [-0.3, -0.25) is 0 Å². The van der Waals surface area contributed by atoms with Gasteiger partial charge in [-0.05, 0) is 12.8 Å². The lowest BCUT2D eigenvalue weighted by molar-refractivity contribution is -0.160. The van der Waals surface area contributed by atoms with Crippen molar-refractivity contribution in [3.63, 3.8) is 0 Å². The fourth-order valence-corrected chi connectivity index (χ4v) is 2.79. The molecule has 0 saturated carbocycles. The van der Waals surface area contributed by atoms with Gasteiger partial charge in [0.2, 0.25) is 0 Å². The maximum absolute atomic E-state index is 12.3. The van der Waals surface area contributed by atoms with Crippen LogP contribution in [-0.4, -0.2) is 39.8 Å². The van der Waals surface area contributed by atoms with Gasteiger partial charge in [-0.25, -0.2) is 4.72 Å². The molecule has 0 spiro atoms. The van der Waals surface area contributed by atoms with Gasteiger partial charge in [-0.2, -0.15) is 26.3 Å². The van der Waals surface area contributed by atoms with Crippen molar-refractivity contribution < 1.29 is 21.6 Å². The van der Waals surface area contributed by atoms with Crippen molar-refractivity contribution in [1.29, 1.82) is 0 Å². The second kappa shape index (κ2) is 5.51. The zero-order valence-electron chi connectivity index (χ0n) is 9.34. The summed E-state index contributed by atoms with van der Waals surface area (Å²) in [7, 11) is -3.61. The molecule has 0 bridgehead atoms. The third-order valence-electron chi connectivity index (χ3n) is 2.47. The van der Waals surface area contributed by atoms with Gasteiger partial charge >= 0.3 is 6.18 Å². The van der Waals surface area contributed by atoms with Gasteiger partial charge < -0.3 is 5.32 Å². The minimum Gasteiger partial charge on any atom is -0.305 e. The zero-order chi connectivity index (χ0) is 13.1. The summed E-state index contributed by atoms with van der Waals surface area (Å²) >= 11 is 0. The van der Waals surface area contributed by atoms with Crippen LogP contribution in [0.25, 0.3) is 0 Å². The molecule has 0 amide bonds. The Balaban J connectivity index is 2.43. The molecule has 0 aromatic rings. The number of hydrogen-bond acceptors (Lipinski definition) is 3. The lowest BCUT2D eigenvalue weighted by Gasteiger charge is -2.31. The molecule has 1 aliphatic rings. The molecular weight excluding hydrogens is 259 g/mol. The number of rotatable bonds is 4. The molecule has 5 nitrogen and oxygen atoms in total. The third kappa shape index (κ3) is 4.78. The Bertz CT molecular complexity index is 336. The molecular formula is C8H16F3N3O2S. The molecule has 0 aromatic carbocycles. The fourth-order valence-electron chi connectivity index (χ4n) is 1.69. The number of hydrogen-bond donors (Lipinski definition) is 3. The first kappa shape index (κ1) is 14.7. The molecule has 102 valence electrons. The second-order valence-electron chi connectivity index (χ2n) is 3.90. The summed E-state index contributed by atoms with van der Waals surface area (Å²) in [6.45, 7) is 1.84. The van der Waals surface area contributed by atoms with Crippen molar-refractivity contribution in [3.8, 4) is 0 Å². The van der Waals surface area contributed by atoms with Crippen molar-refractivity contribution in [2.24, 2.45) is 0 Å². The van der Waals surface area contributed by atoms with E-state index in [0.717, 1.165) is 0 Å². The van der Waals surface area contributed by atoms with Gasteiger partial charge in [0.1, 0.15) is 6.04 Å². The van der Waals surface area contributed by atoms with Crippen LogP contribution in [0.2, 0.25) is 0 Å². The van der Waals surface area contributed by atoms with E-state index in [-0.39, 0.29) is 25.9 Å². The van der Waals surface area contributed by atoms with Crippen molar-refractivity contribution in [3.05, 3.63) is 0 Å². The van der Waals surface area contributed by atoms with E-state index in [9.17, 15) is 21.6 Å². The first-order chi connectivity index (χ1) is 7.74. The van der Waals surface area contributed by atoms with E-state index in [4.69, 9.17) is 0 Å². The van der Waals surface area contributed by atoms with Crippen LogP contribution in [-0.2, 0) is 10.2 Å². The van der Waals surface area contributed by atoms with Gasteiger partial charge in [-0.1, -0.05) is 6.92 Å². The number of nitrogens with one attached hydrogen (secondary N) is 3. The van der Waals surface area contributed by atoms with Crippen LogP contribution in [0.15, 0.2) is 0 Å². The highest BCUT2D eigenvalue weighted by Gasteiger charge is 2.41. The SMILES string of the molecule is CCNS(=O)(=O)NC1CCC(C(F)(F)F)NC1. The maximum Gasteiger partial charge on any atom is 0.403 e. The lowest BCUT2D eigenvalue weighted by Crippen LogP contribution is -2.55. The topological polar surface area (TPSA) is 70.2 Å². The minimum absolute atomic E-state index is 0.0190. The van der Waals surface area contributed by atoms with Crippen molar-refractivity contribution in [2.45, 2.75) is 38.0 Å². The molecule has 3 N–H and O–H groups in total. The summed E-state index contributed by atoms with van der Waals surface area (Å²) in [5.41, 5.74) is 0. The molecule has 2 atom stereocenters. The van der Waals surface area contributed by atoms with Crippen molar-refractivity contribution in [2.75, 3.05) is 13.1 Å². The quantitative estimate of drug-likeness (QED) is 0.682. The standard InChI is InChI=1S/C8H16F3N3O2S/c1-2-13-17(15,16)14-6-3-4-7(12-5-6)8(9,10)11/h6-7,12-14H,2-5H2,1H3. The Morgan fingerprint density at radius 2 is 2.00 bits per heavy atom. The molecule has 17 heavy (non-hydrogen) atoms. The summed E-state index contributed by atoms with van der Waals surface area (Å²) in [5, 5.41) is 2.29. The monoisotopic (exact) mass is 275 g/mol. The molecule has 2 unspecified atom stereocenters. The zero-order valence-corrected chi connectivity index (χ0v) is 10.2. The molecule has 0 radical (unpaired) electrons. The van der Waals surface area contributed by atoms with E-state index in [2.05, 4.69) is 14.8 Å². The van der Waals surface area contributed by atoms with Crippen LogP contribution in [0.1, 0.15) is 19.8 Å². The van der Waals surface area contributed by atoms with E-state index in [0.29, 0.717) is 0 Å². The first-order valence-corrected chi connectivity index (χ1v) is 6.80. The van der Waals surface area contributed by atoms with Crippen molar-refractivity contribution in [1.82, 2.24) is 14.8 Å². The average Bonchev–Trinajstić information content (AvgIpc) is 2.16. The number of alkyl halides is 3. The highest BCUT2D eigenvalue weighted by molar-refractivity contribution is 7.87. The van der Waals surface area contributed by atoms with Crippen LogP contribution in [0.5, 0.6) is 0 Å². The minimum atomic E-state index is -4.27. The van der Waals surface area contributed by atoms with Crippen LogP contribution < -0.4 is 14.8 Å². The highest BCUT2D eigenvalue weighted by Crippen LogP contribution is 2.26. The number of halogens is 3. The van der Waals surface area contributed by atoms with Crippen molar-refractivity contribution >= 4 is 10.2 Å². The molecule has 1 heterocycles. The normalized spacial score (nSPS) is 27.1. The predicted molar refractivity (Wildman–Crippen MR) is 56.6 cm³/mol. The maximum atomic E-state index is 12.3. The highest BCUT2D eigenvalue weighted by atomic mass is 32.2. The Kier molecular flexibility index (Phi) is 4.76. The average molecular weight is 275 g/mol. The Hall–Kier alpha value is -0.380. The molecule has 1 aliphatic heterocycles. The third-order valence-corrected chi connectivity index (χ3v) is 3.78. The second-order valence-corrected chi connectivity index (χ2v) is 5.43. The van der Waals surface area contributed by atoms with Gasteiger partial charge in [0, 0.05) is 19.1 Å². The van der Waals surface area contributed by atoms with Gasteiger partial charge in [0.15, 0.2) is 0 Å². The Morgan fingerprint density at radius 3 is 2.41 bits per heavy atom. The van der Waals surface area contributed by atoms with E-state index in [1.165, 1.54) is 0 Å². The summed E-state index contributed by atoms with van der Waals surface area (Å²) in [4.78, 5) is 0. The predicted octanol–water partition coefficient (Wildman–Crippen LogP) is 0.113. The van der Waals surface area contributed by atoms with Crippen LogP contribution in [0.4, 0.5) is 13.2 Å². The summed E-state index contributed by atoms with van der Waals surface area (Å²) in [6.07, 6.45) is -4.23. The Labute approximate surface area is 98.3 Å².